The topological polar surface area (TPSA) is 73.0 Å². The number of benzene rings is 1. The Morgan fingerprint density at radius 3 is 2.63 bits per heavy atom. The molecule has 1 aliphatic heterocycles. The molecule has 1 amide bonds. The molecule has 0 bridgehead atoms. The minimum atomic E-state index is -0.520. The molecule has 1 aliphatic rings. The van der Waals surface area contributed by atoms with Crippen molar-refractivity contribution in [1.29, 1.82) is 0 Å². The average Bonchev–Trinajstić information content (AvgIpc) is 3.34. The Bertz CT molecular complexity index is 763. The summed E-state index contributed by atoms with van der Waals surface area (Å²) in [6, 6.07) is 7.78. The van der Waals surface area contributed by atoms with Gasteiger partial charge >= 0.3 is 6.09 Å². The van der Waals surface area contributed by atoms with Crippen molar-refractivity contribution in [3.05, 3.63) is 45.9 Å². The largest absolute Gasteiger partial charge is 0.487 e. The van der Waals surface area contributed by atoms with E-state index in [1.54, 1.807) is 11.3 Å². The first-order valence-corrected chi connectivity index (χ1v) is 9.90. The van der Waals surface area contributed by atoms with E-state index in [2.05, 4.69) is 10.3 Å². The van der Waals surface area contributed by atoms with Gasteiger partial charge in [0.2, 0.25) is 0 Å². The smallest absolute Gasteiger partial charge is 0.407 e. The highest BCUT2D eigenvalue weighted by Gasteiger charge is 2.34. The van der Waals surface area contributed by atoms with Crippen LogP contribution in [0.5, 0.6) is 5.75 Å². The third kappa shape index (κ3) is 6.52. The first-order valence-electron chi connectivity index (χ1n) is 9.02. The van der Waals surface area contributed by atoms with Gasteiger partial charge in [0.25, 0.3) is 0 Å². The van der Waals surface area contributed by atoms with Crippen LogP contribution < -0.4 is 10.1 Å². The molecule has 2 unspecified atom stereocenters. The summed E-state index contributed by atoms with van der Waals surface area (Å²) >= 11 is 1.62. The molecule has 146 valence electrons. The van der Waals surface area contributed by atoms with E-state index in [1.807, 2.05) is 57.3 Å². The number of alkyl carbamates (subject to hydrolysis) is 1. The minimum absolute atomic E-state index is 0.0429. The summed E-state index contributed by atoms with van der Waals surface area (Å²) in [6.45, 7) is 8.65. The number of ether oxygens (including phenoxy) is 3. The zero-order valence-electron chi connectivity index (χ0n) is 16.2. The number of epoxide rings is 1. The number of thiazole rings is 1. The van der Waals surface area contributed by atoms with Gasteiger partial charge < -0.3 is 19.5 Å². The number of nitrogens with zero attached hydrogens (tertiary/aromatic N) is 1. The maximum absolute atomic E-state index is 12.1. The second-order valence-electron chi connectivity index (χ2n) is 7.62. The number of nitrogens with one attached hydrogen (secondary N) is 1. The Hall–Kier alpha value is -2.12. The number of hydrogen-bond acceptors (Lipinski definition) is 6. The number of aryl methyl sites for hydroxylation is 1. The molecule has 0 spiro atoms. The maximum Gasteiger partial charge on any atom is 0.407 e. The van der Waals surface area contributed by atoms with Gasteiger partial charge in [-0.2, -0.15) is 0 Å². The van der Waals surface area contributed by atoms with Crippen LogP contribution in [0.1, 0.15) is 37.0 Å². The fraction of sp³-hybridized carbons (Fsp3) is 0.500. The molecule has 1 N–H and O–H groups in total. The first kappa shape index (κ1) is 19.6. The van der Waals surface area contributed by atoms with Gasteiger partial charge in [0, 0.05) is 5.38 Å². The zero-order chi connectivity index (χ0) is 19.4. The van der Waals surface area contributed by atoms with Crippen molar-refractivity contribution in [2.45, 2.75) is 58.5 Å². The van der Waals surface area contributed by atoms with E-state index < -0.39 is 11.7 Å². The van der Waals surface area contributed by atoms with E-state index in [1.165, 1.54) is 0 Å². The lowest BCUT2D eigenvalue weighted by atomic mass is 10.0. The zero-order valence-corrected chi connectivity index (χ0v) is 17.0. The maximum atomic E-state index is 12.1. The van der Waals surface area contributed by atoms with Gasteiger partial charge in [-0.3, -0.25) is 0 Å². The molecule has 2 heterocycles. The molecule has 1 aromatic carbocycles. The van der Waals surface area contributed by atoms with Crippen LogP contribution in [0.25, 0.3) is 0 Å². The quantitative estimate of drug-likeness (QED) is 0.727. The van der Waals surface area contributed by atoms with Gasteiger partial charge in [-0.1, -0.05) is 12.1 Å². The van der Waals surface area contributed by atoms with Gasteiger partial charge in [0.15, 0.2) is 0 Å². The highest BCUT2D eigenvalue weighted by molar-refractivity contribution is 7.09. The molecule has 0 radical (unpaired) electrons. The normalized spacial score (nSPS) is 17.3. The van der Waals surface area contributed by atoms with Gasteiger partial charge in [0.1, 0.15) is 24.1 Å². The molecule has 2 atom stereocenters. The molecule has 27 heavy (non-hydrogen) atoms. The SMILES string of the molecule is Cc1nc(COc2ccc(CC(NC(=O)OC(C)(C)C)C3CO3)cc2)cs1. The van der Waals surface area contributed by atoms with Crippen molar-refractivity contribution in [3.8, 4) is 5.75 Å². The molecule has 2 aromatic rings. The Morgan fingerprint density at radius 2 is 2.07 bits per heavy atom. The van der Waals surface area contributed by atoms with Gasteiger partial charge in [-0.05, 0) is 51.8 Å². The Kier molecular flexibility index (Phi) is 6.01. The van der Waals surface area contributed by atoms with Crippen LogP contribution in [0.3, 0.4) is 0 Å². The minimum Gasteiger partial charge on any atom is -0.487 e. The number of carbonyl (C=O) groups is 1. The van der Waals surface area contributed by atoms with Gasteiger partial charge in [0.05, 0.1) is 23.4 Å². The molecule has 1 saturated heterocycles. The predicted molar refractivity (Wildman–Crippen MR) is 104 cm³/mol. The van der Waals surface area contributed by atoms with Crippen LogP contribution in [-0.4, -0.2) is 35.4 Å². The summed E-state index contributed by atoms with van der Waals surface area (Å²) in [6.07, 6.45) is 0.304. The van der Waals surface area contributed by atoms with Crippen LogP contribution in [0.2, 0.25) is 0 Å². The standard InChI is InChI=1S/C20H26N2O4S/c1-13-21-15(12-27-13)10-24-16-7-5-14(6-8-16)9-17(18-11-25-18)22-19(23)26-20(2,3)4/h5-8,12,17-18H,9-11H2,1-4H3,(H,22,23). The number of rotatable bonds is 7. The van der Waals surface area contributed by atoms with Crippen LogP contribution in [0, 0.1) is 6.92 Å². The summed E-state index contributed by atoms with van der Waals surface area (Å²) in [5.41, 5.74) is 1.52. The second-order valence-corrected chi connectivity index (χ2v) is 8.68. The molecule has 3 rings (SSSR count). The fourth-order valence-corrected chi connectivity index (χ4v) is 3.23. The second kappa shape index (κ2) is 8.27. The van der Waals surface area contributed by atoms with Crippen molar-refractivity contribution in [2.24, 2.45) is 0 Å². The van der Waals surface area contributed by atoms with Crippen molar-refractivity contribution in [1.82, 2.24) is 10.3 Å². The van der Waals surface area contributed by atoms with E-state index in [4.69, 9.17) is 14.2 Å². The van der Waals surface area contributed by atoms with Crippen molar-refractivity contribution < 1.29 is 19.0 Å². The molecular weight excluding hydrogens is 364 g/mol. The summed E-state index contributed by atoms with van der Waals surface area (Å²) in [7, 11) is 0. The third-order valence-corrected chi connectivity index (χ3v) is 4.76. The molecule has 0 saturated carbocycles. The summed E-state index contributed by atoms with van der Waals surface area (Å²) in [4.78, 5) is 16.4. The van der Waals surface area contributed by atoms with Crippen molar-refractivity contribution in [3.63, 3.8) is 0 Å². The van der Waals surface area contributed by atoms with Gasteiger partial charge in [-0.25, -0.2) is 9.78 Å². The highest BCUT2D eigenvalue weighted by Crippen LogP contribution is 2.21. The molecule has 6 nitrogen and oxygen atoms in total. The molecule has 1 aromatic heterocycles. The first-order chi connectivity index (χ1) is 12.8. The van der Waals surface area contributed by atoms with E-state index in [0.29, 0.717) is 19.6 Å². The fourth-order valence-electron chi connectivity index (χ4n) is 2.63. The average molecular weight is 391 g/mol. The molecule has 7 heteroatoms. The van der Waals surface area contributed by atoms with E-state index in [-0.39, 0.29) is 12.1 Å². The number of hydrogen-bond donors (Lipinski definition) is 1. The Morgan fingerprint density at radius 1 is 1.37 bits per heavy atom. The third-order valence-electron chi connectivity index (χ3n) is 3.94. The van der Waals surface area contributed by atoms with Crippen LogP contribution in [-0.2, 0) is 22.5 Å². The van der Waals surface area contributed by atoms with Gasteiger partial charge in [-0.15, -0.1) is 11.3 Å². The monoisotopic (exact) mass is 390 g/mol. The predicted octanol–water partition coefficient (Wildman–Crippen LogP) is 3.87. The summed E-state index contributed by atoms with van der Waals surface area (Å²) in [5.74, 6) is 0.795. The van der Waals surface area contributed by atoms with Crippen LogP contribution >= 0.6 is 11.3 Å². The van der Waals surface area contributed by atoms with E-state index in [0.717, 1.165) is 22.0 Å². The lowest BCUT2D eigenvalue weighted by Gasteiger charge is -2.23. The highest BCUT2D eigenvalue weighted by atomic mass is 32.1. The lowest BCUT2D eigenvalue weighted by Crippen LogP contribution is -2.43. The van der Waals surface area contributed by atoms with Crippen molar-refractivity contribution in [2.75, 3.05) is 6.61 Å². The Labute approximate surface area is 163 Å². The Balaban J connectivity index is 1.53. The summed E-state index contributed by atoms with van der Waals surface area (Å²) in [5, 5.41) is 5.97. The van der Waals surface area contributed by atoms with E-state index in [9.17, 15) is 4.79 Å². The lowest BCUT2D eigenvalue weighted by molar-refractivity contribution is 0.0495. The number of aromatic nitrogens is 1. The van der Waals surface area contributed by atoms with Crippen LogP contribution in [0.15, 0.2) is 29.6 Å². The number of carbonyl (C=O) groups excluding carboxylic acids is 1. The van der Waals surface area contributed by atoms with Crippen molar-refractivity contribution >= 4 is 17.4 Å². The number of amides is 1. The van der Waals surface area contributed by atoms with Crippen LogP contribution in [0.4, 0.5) is 4.79 Å². The summed E-state index contributed by atoms with van der Waals surface area (Å²) < 4.78 is 16.5. The molecule has 1 fully saturated rings. The molecular formula is C20H26N2O4S. The molecule has 0 aliphatic carbocycles. The van der Waals surface area contributed by atoms with E-state index >= 15 is 0 Å².